The third-order valence-corrected chi connectivity index (χ3v) is 10.3. The first-order valence-electron chi connectivity index (χ1n) is 15.0. The minimum Gasteiger partial charge on any atom is -0.448 e. The van der Waals surface area contributed by atoms with Crippen LogP contribution in [0.4, 0.5) is 0 Å². The van der Waals surface area contributed by atoms with Gasteiger partial charge in [0.1, 0.15) is 29.5 Å². The van der Waals surface area contributed by atoms with E-state index in [9.17, 15) is 24.3 Å². The first-order chi connectivity index (χ1) is 21.8. The van der Waals surface area contributed by atoms with Gasteiger partial charge in [0.2, 0.25) is 11.8 Å². The molecule has 2 aromatic carbocycles. The molecule has 0 aromatic heterocycles. The van der Waals surface area contributed by atoms with Crippen molar-refractivity contribution in [2.24, 2.45) is 11.7 Å². The quantitative estimate of drug-likeness (QED) is 0.138. The van der Waals surface area contributed by atoms with E-state index in [1.165, 1.54) is 16.7 Å². The van der Waals surface area contributed by atoms with Crippen LogP contribution in [0.25, 0.3) is 0 Å². The van der Waals surface area contributed by atoms with Crippen molar-refractivity contribution >= 4 is 47.1 Å². The van der Waals surface area contributed by atoms with E-state index in [0.717, 1.165) is 11.1 Å². The fourth-order valence-electron chi connectivity index (χ4n) is 6.25. The summed E-state index contributed by atoms with van der Waals surface area (Å²) in [6, 6.07) is 18.0. The molecular weight excluding hydrogens is 616 g/mol. The standard InChI is InChI=1S/C33H37ClN4O6S/c34-20-26(40)36-27-31(42)37-28(33(43)44-29(22-8-3-1-4-9-22)23-10-5-2-6-11-23)25(21-45-32(27)37)12-7-15-38(18-19-39)16-13-24(14-17-38)30(35)41/h1-12,24,27,29,32,39H,13-21H2,(H2-,35,36,40,41)/p+1/t24?,27-,32+,38?/m1/s1. The molecule has 2 saturated heterocycles. The molecule has 0 spiro atoms. The number of allylic oxidation sites excluding steroid dienone is 1. The highest BCUT2D eigenvalue weighted by Crippen LogP contribution is 2.42. The number of ether oxygens (including phenoxy) is 1. The van der Waals surface area contributed by atoms with Crippen molar-refractivity contribution in [2.75, 3.05) is 44.4 Å². The number of carbonyl (C=O) groups excluding carboxylic acids is 4. The second-order valence-corrected chi connectivity index (χ2v) is 12.9. The zero-order chi connectivity index (χ0) is 32.0. The third-order valence-electron chi connectivity index (χ3n) is 8.75. The first-order valence-corrected chi connectivity index (χ1v) is 16.6. The zero-order valence-corrected chi connectivity index (χ0v) is 26.4. The zero-order valence-electron chi connectivity index (χ0n) is 24.8. The second-order valence-electron chi connectivity index (χ2n) is 11.6. The van der Waals surface area contributed by atoms with Gasteiger partial charge in [-0.2, -0.15) is 0 Å². The number of β-lactam (4-membered cyclic amide) rings is 1. The second kappa shape index (κ2) is 14.6. The number of thioether (sulfide) groups is 1. The average molecular weight is 654 g/mol. The van der Waals surface area contributed by atoms with Gasteiger partial charge in [-0.25, -0.2) is 4.79 Å². The molecule has 0 saturated carbocycles. The van der Waals surface area contributed by atoms with Gasteiger partial charge in [0, 0.05) is 24.5 Å². The molecule has 3 amide bonds. The molecular formula is C33H38ClN4O6S+. The molecule has 0 aliphatic carbocycles. The first kappa shape index (κ1) is 32.7. The number of aliphatic hydroxyl groups excluding tert-OH is 1. The van der Waals surface area contributed by atoms with Crippen LogP contribution in [0.15, 0.2) is 84.1 Å². The lowest BCUT2D eigenvalue weighted by Gasteiger charge is -2.49. The topological polar surface area (TPSA) is 139 Å². The minimum absolute atomic E-state index is 0.00489. The molecule has 2 fully saturated rings. The van der Waals surface area contributed by atoms with Crippen LogP contribution < -0.4 is 11.1 Å². The number of primary amides is 1. The van der Waals surface area contributed by atoms with Crippen LogP contribution in [0.1, 0.15) is 30.1 Å². The molecule has 10 nitrogen and oxygen atoms in total. The molecule has 238 valence electrons. The Hall–Kier alpha value is -3.64. The van der Waals surface area contributed by atoms with Crippen LogP contribution in [-0.4, -0.2) is 94.0 Å². The number of nitrogens with one attached hydrogen (secondary N) is 1. The van der Waals surface area contributed by atoms with E-state index >= 15 is 0 Å². The Morgan fingerprint density at radius 2 is 1.71 bits per heavy atom. The summed E-state index contributed by atoms with van der Waals surface area (Å²) in [5.74, 6) is -1.83. The third kappa shape index (κ3) is 7.27. The highest BCUT2D eigenvalue weighted by Gasteiger charge is 2.54. The number of benzene rings is 2. The van der Waals surface area contributed by atoms with Gasteiger partial charge in [-0.1, -0.05) is 66.7 Å². The van der Waals surface area contributed by atoms with E-state index in [-0.39, 0.29) is 30.0 Å². The maximum atomic E-state index is 14.1. The normalized spacial score (nSPS) is 24.7. The smallest absolute Gasteiger partial charge is 0.356 e. The number of quaternary nitrogens is 1. The number of aliphatic hydroxyl groups is 1. The number of nitrogens with zero attached hydrogens (tertiary/aromatic N) is 2. The molecule has 0 bridgehead atoms. The Morgan fingerprint density at radius 3 is 2.27 bits per heavy atom. The number of esters is 1. The highest BCUT2D eigenvalue weighted by molar-refractivity contribution is 8.00. The number of alkyl halides is 1. The van der Waals surface area contributed by atoms with E-state index in [1.54, 1.807) is 0 Å². The summed E-state index contributed by atoms with van der Waals surface area (Å²) in [6.45, 7) is 2.51. The minimum atomic E-state index is -0.793. The molecule has 4 N–H and O–H groups in total. The molecule has 45 heavy (non-hydrogen) atoms. The van der Waals surface area contributed by atoms with E-state index < -0.39 is 35.3 Å². The SMILES string of the molecule is NC(=O)C1CC[N+](CC=CC2=C(C(=O)OC(c3ccccc3)c3ccccc3)N3C(=O)[C@@H](NC(=O)CCl)[C@@H]3SC2)(CCO)CC1. The van der Waals surface area contributed by atoms with Crippen LogP contribution in [0.2, 0.25) is 0 Å². The summed E-state index contributed by atoms with van der Waals surface area (Å²) in [7, 11) is 0. The summed E-state index contributed by atoms with van der Waals surface area (Å²) >= 11 is 7.13. The molecule has 12 heteroatoms. The van der Waals surface area contributed by atoms with Gasteiger partial charge in [-0.05, 0) is 22.8 Å². The Balaban J connectivity index is 1.44. The number of carbonyl (C=O) groups is 4. The van der Waals surface area contributed by atoms with Crippen molar-refractivity contribution in [3.05, 3.63) is 95.2 Å². The Labute approximate surface area is 271 Å². The van der Waals surface area contributed by atoms with Gasteiger partial charge in [0.15, 0.2) is 6.10 Å². The molecule has 5 rings (SSSR count). The number of fused-ring (bicyclic) bond motifs is 1. The van der Waals surface area contributed by atoms with Gasteiger partial charge in [-0.3, -0.25) is 19.3 Å². The van der Waals surface area contributed by atoms with Gasteiger partial charge >= 0.3 is 5.97 Å². The van der Waals surface area contributed by atoms with Crippen molar-refractivity contribution in [1.29, 1.82) is 0 Å². The molecule has 3 aliphatic rings. The van der Waals surface area contributed by atoms with Crippen LogP contribution in [-0.2, 0) is 23.9 Å². The number of rotatable bonds is 12. The Morgan fingerprint density at radius 1 is 1.09 bits per heavy atom. The summed E-state index contributed by atoms with van der Waals surface area (Å²) in [4.78, 5) is 52.7. The van der Waals surface area contributed by atoms with E-state index in [1.807, 2.05) is 72.8 Å². The number of halogens is 1. The van der Waals surface area contributed by atoms with Crippen molar-refractivity contribution in [1.82, 2.24) is 10.2 Å². The summed E-state index contributed by atoms with van der Waals surface area (Å²) < 4.78 is 6.79. The van der Waals surface area contributed by atoms with Crippen LogP contribution >= 0.6 is 23.4 Å². The number of nitrogens with two attached hydrogens (primary N) is 1. The molecule has 3 heterocycles. The number of piperidine rings is 1. The molecule has 0 radical (unpaired) electrons. The lowest BCUT2D eigenvalue weighted by atomic mass is 9.94. The van der Waals surface area contributed by atoms with Crippen molar-refractivity contribution in [3.8, 4) is 0 Å². The number of hydrogen-bond donors (Lipinski definition) is 3. The average Bonchev–Trinajstić information content (AvgIpc) is 3.06. The van der Waals surface area contributed by atoms with E-state index in [0.29, 0.717) is 54.8 Å². The number of amides is 3. The molecule has 2 atom stereocenters. The van der Waals surface area contributed by atoms with Crippen LogP contribution in [0.3, 0.4) is 0 Å². The van der Waals surface area contributed by atoms with Gasteiger partial charge < -0.3 is 25.4 Å². The monoisotopic (exact) mass is 653 g/mol. The van der Waals surface area contributed by atoms with Crippen LogP contribution in [0.5, 0.6) is 0 Å². The summed E-state index contributed by atoms with van der Waals surface area (Å²) in [5.41, 5.74) is 7.89. The predicted molar refractivity (Wildman–Crippen MR) is 171 cm³/mol. The Kier molecular flexibility index (Phi) is 10.7. The molecule has 0 unspecified atom stereocenters. The predicted octanol–water partition coefficient (Wildman–Crippen LogP) is 2.47. The van der Waals surface area contributed by atoms with Crippen molar-refractivity contribution < 1.29 is 33.5 Å². The summed E-state index contributed by atoms with van der Waals surface area (Å²) in [5, 5.41) is 12.0. The lowest BCUT2D eigenvalue weighted by Crippen LogP contribution is -2.70. The largest absolute Gasteiger partial charge is 0.448 e. The van der Waals surface area contributed by atoms with Crippen molar-refractivity contribution in [2.45, 2.75) is 30.4 Å². The van der Waals surface area contributed by atoms with Crippen molar-refractivity contribution in [3.63, 3.8) is 0 Å². The maximum Gasteiger partial charge on any atom is 0.356 e. The molecule has 2 aromatic rings. The Bertz CT molecular complexity index is 1420. The maximum absolute atomic E-state index is 14.1. The lowest BCUT2D eigenvalue weighted by molar-refractivity contribution is -0.928. The van der Waals surface area contributed by atoms with Crippen LogP contribution in [0, 0.1) is 5.92 Å². The number of hydrogen-bond acceptors (Lipinski definition) is 7. The van der Waals surface area contributed by atoms with Gasteiger partial charge in [-0.15, -0.1) is 23.4 Å². The fourth-order valence-corrected chi connectivity index (χ4v) is 7.64. The fraction of sp³-hybridized carbons (Fsp3) is 0.394. The van der Waals surface area contributed by atoms with E-state index in [4.69, 9.17) is 22.1 Å². The number of likely N-dealkylation sites (tertiary alicyclic amines) is 1. The molecule has 3 aliphatic heterocycles. The van der Waals surface area contributed by atoms with Gasteiger partial charge in [0.05, 0.1) is 26.2 Å². The van der Waals surface area contributed by atoms with Gasteiger partial charge in [0.25, 0.3) is 5.91 Å². The summed E-state index contributed by atoms with van der Waals surface area (Å²) in [6.07, 6.45) is 4.42. The highest BCUT2D eigenvalue weighted by atomic mass is 35.5. The van der Waals surface area contributed by atoms with E-state index in [2.05, 4.69) is 5.32 Å².